The minimum absolute atomic E-state index is 0.210. The molecule has 0 saturated heterocycles. The summed E-state index contributed by atoms with van der Waals surface area (Å²) in [5, 5.41) is 8.31. The minimum Gasteiger partial charge on any atom is -0.497 e. The second-order valence-electron chi connectivity index (χ2n) is 6.91. The van der Waals surface area contributed by atoms with Gasteiger partial charge in [0.25, 0.3) is 11.5 Å². The first kappa shape index (κ1) is 19.4. The molecule has 1 atom stereocenters. The Kier molecular flexibility index (Phi) is 5.30. The van der Waals surface area contributed by atoms with Crippen molar-refractivity contribution in [3.63, 3.8) is 0 Å². The number of hydrogen-bond acceptors (Lipinski definition) is 4. The number of methoxy groups -OCH3 is 1. The highest BCUT2D eigenvalue weighted by molar-refractivity contribution is 6.05. The van der Waals surface area contributed by atoms with E-state index in [2.05, 4.69) is 10.4 Å². The number of carbonyl (C=O) groups is 1. The molecule has 6 heteroatoms. The van der Waals surface area contributed by atoms with E-state index in [9.17, 15) is 9.59 Å². The van der Waals surface area contributed by atoms with Crippen molar-refractivity contribution < 1.29 is 9.53 Å². The lowest BCUT2D eigenvalue weighted by atomic mass is 9.98. The first-order valence-electron chi connectivity index (χ1n) is 9.54. The zero-order valence-corrected chi connectivity index (χ0v) is 16.7. The van der Waals surface area contributed by atoms with Crippen molar-refractivity contribution in [3.05, 3.63) is 106 Å². The Hall–Kier alpha value is -3.93. The predicted molar refractivity (Wildman–Crippen MR) is 116 cm³/mol. The van der Waals surface area contributed by atoms with Crippen LogP contribution in [0.25, 0.3) is 10.8 Å². The van der Waals surface area contributed by atoms with Crippen LogP contribution in [0.3, 0.4) is 0 Å². The summed E-state index contributed by atoms with van der Waals surface area (Å²) in [5.74, 6) is 0.383. The third-order valence-electron chi connectivity index (χ3n) is 5.03. The summed E-state index contributed by atoms with van der Waals surface area (Å²) in [6, 6.07) is 23.9. The molecule has 1 aromatic heterocycles. The quantitative estimate of drug-likeness (QED) is 0.558. The number of rotatable bonds is 5. The predicted octanol–water partition coefficient (Wildman–Crippen LogP) is 3.46. The summed E-state index contributed by atoms with van der Waals surface area (Å²) < 4.78 is 6.44. The molecule has 0 spiro atoms. The molecule has 0 unspecified atom stereocenters. The molecular formula is C24H21N3O3. The lowest BCUT2D eigenvalue weighted by Crippen LogP contribution is -2.32. The molecule has 0 radical (unpaired) electrons. The normalized spacial score (nSPS) is 11.8. The molecule has 0 saturated carbocycles. The van der Waals surface area contributed by atoms with Crippen LogP contribution in [0.15, 0.2) is 83.7 Å². The molecule has 30 heavy (non-hydrogen) atoms. The number of nitrogens with one attached hydrogen (secondary N) is 1. The average Bonchev–Trinajstić information content (AvgIpc) is 2.80. The van der Waals surface area contributed by atoms with E-state index in [1.54, 1.807) is 38.4 Å². The topological polar surface area (TPSA) is 73.2 Å². The van der Waals surface area contributed by atoms with Crippen molar-refractivity contribution in [2.45, 2.75) is 6.04 Å². The van der Waals surface area contributed by atoms with Crippen LogP contribution in [0.2, 0.25) is 0 Å². The molecule has 150 valence electrons. The van der Waals surface area contributed by atoms with Gasteiger partial charge in [0.15, 0.2) is 5.69 Å². The Balaban J connectivity index is 1.77. The highest BCUT2D eigenvalue weighted by Crippen LogP contribution is 2.25. The summed E-state index contributed by atoms with van der Waals surface area (Å²) in [6.45, 7) is 0. The Morgan fingerprint density at radius 3 is 2.17 bits per heavy atom. The molecule has 1 N–H and O–H groups in total. The van der Waals surface area contributed by atoms with Gasteiger partial charge in [-0.05, 0) is 29.3 Å². The van der Waals surface area contributed by atoms with Crippen LogP contribution in [-0.4, -0.2) is 22.8 Å². The largest absolute Gasteiger partial charge is 0.497 e. The molecule has 0 aliphatic carbocycles. The molecular weight excluding hydrogens is 378 g/mol. The zero-order chi connectivity index (χ0) is 21.1. The molecule has 4 aromatic rings. The van der Waals surface area contributed by atoms with E-state index in [1.807, 2.05) is 54.6 Å². The van der Waals surface area contributed by atoms with E-state index in [0.29, 0.717) is 10.8 Å². The summed E-state index contributed by atoms with van der Waals surface area (Å²) in [6.07, 6.45) is 0. The third kappa shape index (κ3) is 3.67. The fraction of sp³-hybridized carbons (Fsp3) is 0.125. The van der Waals surface area contributed by atoms with Crippen LogP contribution in [0, 0.1) is 0 Å². The lowest BCUT2D eigenvalue weighted by molar-refractivity contribution is 0.0937. The monoisotopic (exact) mass is 399 g/mol. The number of hydrogen-bond donors (Lipinski definition) is 1. The Morgan fingerprint density at radius 2 is 1.50 bits per heavy atom. The van der Waals surface area contributed by atoms with Crippen LogP contribution in [0.1, 0.15) is 27.7 Å². The number of carbonyl (C=O) groups excluding carboxylic acids is 1. The van der Waals surface area contributed by atoms with Gasteiger partial charge in [0.1, 0.15) is 5.75 Å². The fourth-order valence-electron chi connectivity index (χ4n) is 3.47. The highest BCUT2D eigenvalue weighted by atomic mass is 16.5. The first-order chi connectivity index (χ1) is 14.6. The molecule has 0 fully saturated rings. The van der Waals surface area contributed by atoms with E-state index in [1.165, 1.54) is 4.68 Å². The standard InChI is InChI=1S/C24H21N3O3/c1-27-24(29)20-11-7-6-10-19(20)22(26-27)23(28)25-21(16-8-4-3-5-9-16)17-12-14-18(30-2)15-13-17/h3-15,21H,1-2H3,(H,25,28)/t21-/m1/s1. The molecule has 3 aromatic carbocycles. The van der Waals surface area contributed by atoms with Gasteiger partial charge in [0, 0.05) is 12.4 Å². The Morgan fingerprint density at radius 1 is 0.900 bits per heavy atom. The smallest absolute Gasteiger partial charge is 0.274 e. The van der Waals surface area contributed by atoms with Crippen molar-refractivity contribution >= 4 is 16.7 Å². The van der Waals surface area contributed by atoms with Crippen molar-refractivity contribution in [1.29, 1.82) is 0 Å². The highest BCUT2D eigenvalue weighted by Gasteiger charge is 2.21. The summed E-state index contributed by atoms with van der Waals surface area (Å²) in [5.41, 5.74) is 1.81. The van der Waals surface area contributed by atoms with Gasteiger partial charge in [-0.15, -0.1) is 0 Å². The van der Waals surface area contributed by atoms with Gasteiger partial charge in [-0.25, -0.2) is 4.68 Å². The van der Waals surface area contributed by atoms with E-state index in [0.717, 1.165) is 16.9 Å². The number of benzene rings is 3. The fourth-order valence-corrected chi connectivity index (χ4v) is 3.47. The third-order valence-corrected chi connectivity index (χ3v) is 5.03. The summed E-state index contributed by atoms with van der Waals surface area (Å²) in [7, 11) is 3.16. The first-order valence-corrected chi connectivity index (χ1v) is 9.54. The van der Waals surface area contributed by atoms with E-state index in [4.69, 9.17) is 4.74 Å². The molecule has 1 amide bonds. The van der Waals surface area contributed by atoms with E-state index in [-0.39, 0.29) is 23.2 Å². The van der Waals surface area contributed by atoms with Gasteiger partial charge in [-0.2, -0.15) is 5.10 Å². The van der Waals surface area contributed by atoms with Crippen LogP contribution >= 0.6 is 0 Å². The molecule has 4 rings (SSSR count). The van der Waals surface area contributed by atoms with Crippen molar-refractivity contribution in [1.82, 2.24) is 15.1 Å². The van der Waals surface area contributed by atoms with Crippen molar-refractivity contribution in [2.75, 3.05) is 7.11 Å². The van der Waals surface area contributed by atoms with Crippen molar-refractivity contribution in [3.8, 4) is 5.75 Å². The molecule has 0 aliphatic heterocycles. The maximum atomic E-state index is 13.3. The van der Waals surface area contributed by atoms with Gasteiger partial charge in [0.05, 0.1) is 18.5 Å². The number of nitrogens with zero attached hydrogens (tertiary/aromatic N) is 2. The van der Waals surface area contributed by atoms with Gasteiger partial charge < -0.3 is 10.1 Å². The Bertz CT molecular complexity index is 1250. The number of aryl methyl sites for hydroxylation is 1. The minimum atomic E-state index is -0.387. The van der Waals surface area contributed by atoms with Crippen LogP contribution in [0.5, 0.6) is 5.75 Å². The van der Waals surface area contributed by atoms with Gasteiger partial charge in [-0.3, -0.25) is 9.59 Å². The van der Waals surface area contributed by atoms with Crippen LogP contribution < -0.4 is 15.6 Å². The maximum Gasteiger partial charge on any atom is 0.274 e. The second kappa shape index (κ2) is 8.21. The lowest BCUT2D eigenvalue weighted by Gasteiger charge is -2.20. The second-order valence-corrected chi connectivity index (χ2v) is 6.91. The molecule has 0 aliphatic rings. The average molecular weight is 399 g/mol. The van der Waals surface area contributed by atoms with Crippen LogP contribution in [-0.2, 0) is 7.05 Å². The summed E-state index contributed by atoms with van der Waals surface area (Å²) in [4.78, 5) is 25.7. The number of ether oxygens (including phenoxy) is 1. The maximum absolute atomic E-state index is 13.3. The van der Waals surface area contributed by atoms with E-state index < -0.39 is 0 Å². The van der Waals surface area contributed by atoms with Gasteiger partial charge >= 0.3 is 0 Å². The molecule has 6 nitrogen and oxygen atoms in total. The number of amides is 1. The zero-order valence-electron chi connectivity index (χ0n) is 16.7. The Labute approximate surface area is 173 Å². The number of fused-ring (bicyclic) bond motifs is 1. The SMILES string of the molecule is COc1ccc([C@H](NC(=O)c2nn(C)c(=O)c3ccccc23)c2ccccc2)cc1. The van der Waals surface area contributed by atoms with Gasteiger partial charge in [0.2, 0.25) is 0 Å². The molecule has 1 heterocycles. The summed E-state index contributed by atoms with van der Waals surface area (Å²) >= 11 is 0. The van der Waals surface area contributed by atoms with Crippen LogP contribution in [0.4, 0.5) is 0 Å². The van der Waals surface area contributed by atoms with E-state index >= 15 is 0 Å². The molecule has 0 bridgehead atoms. The van der Waals surface area contributed by atoms with Crippen molar-refractivity contribution in [2.24, 2.45) is 7.05 Å². The number of aromatic nitrogens is 2. The van der Waals surface area contributed by atoms with Gasteiger partial charge in [-0.1, -0.05) is 60.7 Å².